The maximum Gasteiger partial charge on any atom is 0.295 e. The van der Waals surface area contributed by atoms with E-state index in [1.54, 1.807) is 6.92 Å². The highest BCUT2D eigenvalue weighted by molar-refractivity contribution is 7.92. The van der Waals surface area contributed by atoms with Crippen LogP contribution in [0.2, 0.25) is 0 Å². The molecule has 9 heteroatoms. The van der Waals surface area contributed by atoms with Gasteiger partial charge in [-0.2, -0.15) is 8.42 Å². The van der Waals surface area contributed by atoms with E-state index in [4.69, 9.17) is 8.83 Å². The van der Waals surface area contributed by atoms with Crippen molar-refractivity contribution in [2.75, 3.05) is 4.72 Å². The third-order valence-electron chi connectivity index (χ3n) is 3.40. The molecule has 2 aromatic heterocycles. The Kier molecular flexibility index (Phi) is 4.34. The minimum atomic E-state index is -3.97. The topological polar surface area (TPSA) is 98.2 Å². The molecule has 0 unspecified atom stereocenters. The van der Waals surface area contributed by atoms with Crippen LogP contribution in [0.3, 0.4) is 0 Å². The summed E-state index contributed by atoms with van der Waals surface area (Å²) < 4.78 is 51.2. The van der Waals surface area contributed by atoms with Crippen LogP contribution >= 0.6 is 0 Å². The standard InChI is InChI=1S/C16H16FN3O4S/c1-9(2)15-18-19-16(24-15)13-6-7-14(23-13)25(21,22)20-11-4-5-12(17)10(3)8-11/h4-9,20H,1-3H3. The summed E-state index contributed by atoms with van der Waals surface area (Å²) in [5.74, 6) is 0.303. The molecule has 1 N–H and O–H groups in total. The fraction of sp³-hybridized carbons (Fsp3) is 0.250. The summed E-state index contributed by atoms with van der Waals surface area (Å²) in [6.45, 7) is 5.33. The van der Waals surface area contributed by atoms with Crippen LogP contribution in [0.15, 0.2) is 44.3 Å². The molecule has 0 aliphatic carbocycles. The number of hydrogen-bond donors (Lipinski definition) is 1. The Labute approximate surface area is 143 Å². The fourth-order valence-corrected chi connectivity index (χ4v) is 3.05. The average Bonchev–Trinajstić information content (AvgIpc) is 3.19. The summed E-state index contributed by atoms with van der Waals surface area (Å²) in [4.78, 5) is 0. The fourth-order valence-electron chi connectivity index (χ4n) is 2.06. The van der Waals surface area contributed by atoms with Crippen molar-refractivity contribution in [3.63, 3.8) is 0 Å². The smallest absolute Gasteiger partial charge is 0.295 e. The monoisotopic (exact) mass is 365 g/mol. The number of sulfonamides is 1. The Hall–Kier alpha value is -2.68. The second-order valence-corrected chi connectivity index (χ2v) is 7.40. The molecular weight excluding hydrogens is 349 g/mol. The van der Waals surface area contributed by atoms with Crippen LogP contribution in [-0.4, -0.2) is 18.6 Å². The number of rotatable bonds is 5. The number of hydrogen-bond acceptors (Lipinski definition) is 6. The molecule has 0 radical (unpaired) electrons. The van der Waals surface area contributed by atoms with E-state index in [2.05, 4.69) is 14.9 Å². The zero-order valence-corrected chi connectivity index (χ0v) is 14.6. The zero-order valence-electron chi connectivity index (χ0n) is 13.8. The van der Waals surface area contributed by atoms with Gasteiger partial charge in [0, 0.05) is 11.6 Å². The highest BCUT2D eigenvalue weighted by Gasteiger charge is 2.22. The van der Waals surface area contributed by atoms with E-state index in [0.717, 1.165) is 0 Å². The Bertz CT molecular complexity index is 1010. The van der Waals surface area contributed by atoms with Gasteiger partial charge in [0.15, 0.2) is 5.76 Å². The Morgan fingerprint density at radius 3 is 2.52 bits per heavy atom. The molecule has 0 bridgehead atoms. The molecule has 0 spiro atoms. The summed E-state index contributed by atoms with van der Waals surface area (Å²) in [6, 6.07) is 6.63. The molecule has 2 heterocycles. The molecule has 3 rings (SSSR count). The van der Waals surface area contributed by atoms with Gasteiger partial charge < -0.3 is 8.83 Å². The Morgan fingerprint density at radius 2 is 1.88 bits per heavy atom. The minimum Gasteiger partial charge on any atom is -0.438 e. The summed E-state index contributed by atoms with van der Waals surface area (Å²) in [5.41, 5.74) is 0.559. The van der Waals surface area contributed by atoms with Gasteiger partial charge in [-0.3, -0.25) is 4.72 Å². The van der Waals surface area contributed by atoms with Crippen molar-refractivity contribution < 1.29 is 21.6 Å². The molecule has 1 aromatic carbocycles. The molecule has 3 aromatic rings. The molecule has 25 heavy (non-hydrogen) atoms. The van der Waals surface area contributed by atoms with Gasteiger partial charge in [0.05, 0.1) is 0 Å². The SMILES string of the molecule is Cc1cc(NS(=O)(=O)c2ccc(-c3nnc(C(C)C)o3)o2)ccc1F. The highest BCUT2D eigenvalue weighted by Crippen LogP contribution is 2.26. The lowest BCUT2D eigenvalue weighted by Crippen LogP contribution is -2.12. The predicted octanol–water partition coefficient (Wildman–Crippen LogP) is 3.70. The number of aromatic nitrogens is 2. The molecule has 0 aliphatic heterocycles. The lowest BCUT2D eigenvalue weighted by atomic mass is 10.2. The quantitative estimate of drug-likeness (QED) is 0.740. The number of anilines is 1. The van der Waals surface area contributed by atoms with Crippen molar-refractivity contribution in [1.29, 1.82) is 0 Å². The van der Waals surface area contributed by atoms with Gasteiger partial charge in [-0.05, 0) is 42.8 Å². The maximum atomic E-state index is 13.3. The summed E-state index contributed by atoms with van der Waals surface area (Å²) >= 11 is 0. The first-order valence-electron chi connectivity index (χ1n) is 7.49. The summed E-state index contributed by atoms with van der Waals surface area (Å²) in [6.07, 6.45) is 0. The number of benzene rings is 1. The normalized spacial score (nSPS) is 11.9. The van der Waals surface area contributed by atoms with Gasteiger partial charge in [-0.15, -0.1) is 10.2 Å². The van der Waals surface area contributed by atoms with Crippen molar-refractivity contribution in [2.24, 2.45) is 0 Å². The predicted molar refractivity (Wildman–Crippen MR) is 88.0 cm³/mol. The third kappa shape index (κ3) is 3.55. The number of furan rings is 1. The van der Waals surface area contributed by atoms with Crippen LogP contribution < -0.4 is 4.72 Å². The molecule has 0 saturated heterocycles. The molecular formula is C16H16FN3O4S. The maximum absolute atomic E-state index is 13.3. The number of aryl methyl sites for hydroxylation is 1. The summed E-state index contributed by atoms with van der Waals surface area (Å²) in [7, 11) is -3.97. The second kappa shape index (κ2) is 6.32. The number of halogens is 1. The molecule has 132 valence electrons. The summed E-state index contributed by atoms with van der Waals surface area (Å²) in [5, 5.41) is 7.40. The zero-order chi connectivity index (χ0) is 18.2. The van der Waals surface area contributed by atoms with E-state index in [1.165, 1.54) is 30.3 Å². The van der Waals surface area contributed by atoms with Crippen molar-refractivity contribution in [2.45, 2.75) is 31.8 Å². The second-order valence-electron chi connectivity index (χ2n) is 5.79. The van der Waals surface area contributed by atoms with Gasteiger partial charge in [0.25, 0.3) is 15.9 Å². The van der Waals surface area contributed by atoms with Crippen molar-refractivity contribution in [1.82, 2.24) is 10.2 Å². The van der Waals surface area contributed by atoms with E-state index in [9.17, 15) is 12.8 Å². The first-order valence-corrected chi connectivity index (χ1v) is 8.97. The molecule has 0 atom stereocenters. The molecule has 7 nitrogen and oxygen atoms in total. The van der Waals surface area contributed by atoms with Crippen LogP contribution in [0.4, 0.5) is 10.1 Å². The largest absolute Gasteiger partial charge is 0.438 e. The molecule has 0 fully saturated rings. The van der Waals surface area contributed by atoms with Gasteiger partial charge in [0.2, 0.25) is 11.0 Å². The first kappa shape index (κ1) is 17.2. The molecule has 0 saturated carbocycles. The lowest BCUT2D eigenvalue weighted by molar-refractivity contribution is 0.429. The third-order valence-corrected chi connectivity index (χ3v) is 4.66. The van der Waals surface area contributed by atoms with Gasteiger partial charge >= 0.3 is 0 Å². The van der Waals surface area contributed by atoms with E-state index in [1.807, 2.05) is 13.8 Å². The molecule has 0 aliphatic rings. The first-order chi connectivity index (χ1) is 11.8. The van der Waals surface area contributed by atoms with Gasteiger partial charge in [-0.25, -0.2) is 4.39 Å². The van der Waals surface area contributed by atoms with Gasteiger partial charge in [-0.1, -0.05) is 13.8 Å². The van der Waals surface area contributed by atoms with E-state index >= 15 is 0 Å². The highest BCUT2D eigenvalue weighted by atomic mass is 32.2. The van der Waals surface area contributed by atoms with E-state index in [0.29, 0.717) is 11.5 Å². The van der Waals surface area contributed by atoms with Crippen molar-refractivity contribution in [3.05, 3.63) is 47.6 Å². The van der Waals surface area contributed by atoms with Crippen LogP contribution in [-0.2, 0) is 10.0 Å². The van der Waals surface area contributed by atoms with Crippen LogP contribution in [0.5, 0.6) is 0 Å². The Morgan fingerprint density at radius 1 is 1.12 bits per heavy atom. The number of nitrogens with one attached hydrogen (secondary N) is 1. The Balaban J connectivity index is 1.85. The van der Waals surface area contributed by atoms with Gasteiger partial charge in [0.1, 0.15) is 5.82 Å². The van der Waals surface area contributed by atoms with E-state index < -0.39 is 15.8 Å². The lowest BCUT2D eigenvalue weighted by Gasteiger charge is -2.06. The minimum absolute atomic E-state index is 0.0443. The van der Waals surface area contributed by atoms with Crippen molar-refractivity contribution in [3.8, 4) is 11.7 Å². The molecule has 0 amide bonds. The average molecular weight is 365 g/mol. The van der Waals surface area contributed by atoms with Crippen molar-refractivity contribution >= 4 is 15.7 Å². The van der Waals surface area contributed by atoms with Crippen LogP contribution in [0, 0.1) is 12.7 Å². The van der Waals surface area contributed by atoms with Crippen LogP contribution in [0.25, 0.3) is 11.7 Å². The van der Waals surface area contributed by atoms with E-state index in [-0.39, 0.29) is 28.3 Å². The van der Waals surface area contributed by atoms with Crippen LogP contribution in [0.1, 0.15) is 31.2 Å². The number of nitrogens with zero attached hydrogens (tertiary/aromatic N) is 2.